The van der Waals surface area contributed by atoms with Crippen molar-refractivity contribution in [3.8, 4) is 0 Å². The quantitative estimate of drug-likeness (QED) is 0.661. The van der Waals surface area contributed by atoms with Crippen LogP contribution in [-0.2, 0) is 0 Å². The van der Waals surface area contributed by atoms with Crippen molar-refractivity contribution >= 4 is 23.6 Å². The van der Waals surface area contributed by atoms with Crippen molar-refractivity contribution in [1.29, 1.82) is 0 Å². The molecule has 8 heteroatoms. The maximum Gasteiger partial charge on any atom is 0.261 e. The molecule has 2 amide bonds. The molecule has 31 heavy (non-hydrogen) atoms. The molecule has 2 aromatic rings. The number of imide groups is 1. The number of carbonyl (C=O) groups excluding carboxylic acids is 2. The fourth-order valence-corrected chi connectivity index (χ4v) is 4.68. The summed E-state index contributed by atoms with van der Waals surface area (Å²) in [6.07, 6.45) is 5.09. The fraction of sp³-hybridized carbons (Fsp3) is 0.478. The van der Waals surface area contributed by atoms with Crippen molar-refractivity contribution in [3.63, 3.8) is 0 Å². The van der Waals surface area contributed by atoms with Crippen LogP contribution in [0.25, 0.3) is 0 Å². The monoisotopic (exact) mass is 420 g/mol. The van der Waals surface area contributed by atoms with Gasteiger partial charge in [0.1, 0.15) is 5.82 Å². The lowest BCUT2D eigenvalue weighted by Crippen LogP contribution is -2.47. The second kappa shape index (κ2) is 8.63. The van der Waals surface area contributed by atoms with Crippen molar-refractivity contribution in [1.82, 2.24) is 19.8 Å². The van der Waals surface area contributed by atoms with E-state index in [9.17, 15) is 9.59 Å². The Morgan fingerprint density at radius 1 is 0.774 bits per heavy atom. The Bertz CT molecular complexity index is 931. The number of aromatic nitrogens is 2. The van der Waals surface area contributed by atoms with Gasteiger partial charge in [-0.25, -0.2) is 4.98 Å². The molecular weight excluding hydrogens is 392 g/mol. The van der Waals surface area contributed by atoms with Crippen molar-refractivity contribution in [2.75, 3.05) is 62.2 Å². The molecule has 0 spiro atoms. The minimum absolute atomic E-state index is 0.164. The SMILES string of the molecule is O=C1c2ccccc2C(=O)N1CCCN1CCN(c2ccnc(N3CCCC3)n2)CC1. The standard InChI is InChI=1S/C23H28N6O2/c30-21-18-6-1-2-7-19(18)22(31)29(21)13-5-10-26-14-16-27(17-15-26)20-8-9-24-23(25-20)28-11-3-4-12-28/h1-2,6-9H,3-5,10-17H2. The van der Waals surface area contributed by atoms with Gasteiger partial charge in [-0.1, -0.05) is 12.1 Å². The topological polar surface area (TPSA) is 72.9 Å². The van der Waals surface area contributed by atoms with E-state index in [2.05, 4.69) is 19.7 Å². The van der Waals surface area contributed by atoms with Gasteiger partial charge in [0.05, 0.1) is 11.1 Å². The van der Waals surface area contributed by atoms with E-state index in [1.807, 2.05) is 12.3 Å². The first-order valence-corrected chi connectivity index (χ1v) is 11.2. The molecule has 162 valence electrons. The van der Waals surface area contributed by atoms with Gasteiger partial charge in [-0.2, -0.15) is 4.98 Å². The van der Waals surface area contributed by atoms with Crippen molar-refractivity contribution in [3.05, 3.63) is 47.7 Å². The molecule has 5 rings (SSSR count). The minimum atomic E-state index is -0.164. The third-order valence-electron chi connectivity index (χ3n) is 6.45. The van der Waals surface area contributed by atoms with Crippen LogP contribution in [0.2, 0.25) is 0 Å². The number of fused-ring (bicyclic) bond motifs is 1. The highest BCUT2D eigenvalue weighted by Gasteiger charge is 2.34. The Kier molecular flexibility index (Phi) is 5.55. The van der Waals surface area contributed by atoms with Gasteiger partial charge in [-0.05, 0) is 44.0 Å². The first-order valence-electron chi connectivity index (χ1n) is 11.2. The first-order chi connectivity index (χ1) is 15.2. The van der Waals surface area contributed by atoms with E-state index >= 15 is 0 Å². The van der Waals surface area contributed by atoms with E-state index in [0.717, 1.165) is 64.0 Å². The molecule has 1 aromatic carbocycles. The highest BCUT2D eigenvalue weighted by atomic mass is 16.2. The van der Waals surface area contributed by atoms with E-state index in [4.69, 9.17) is 4.98 Å². The zero-order chi connectivity index (χ0) is 21.2. The summed E-state index contributed by atoms with van der Waals surface area (Å²) >= 11 is 0. The summed E-state index contributed by atoms with van der Waals surface area (Å²) in [7, 11) is 0. The summed E-state index contributed by atoms with van der Waals surface area (Å²) in [5.74, 6) is 1.52. The molecule has 0 saturated carbocycles. The van der Waals surface area contributed by atoms with Crippen molar-refractivity contribution in [2.45, 2.75) is 19.3 Å². The number of nitrogens with zero attached hydrogens (tertiary/aromatic N) is 6. The van der Waals surface area contributed by atoms with Crippen LogP contribution in [0.1, 0.15) is 40.0 Å². The van der Waals surface area contributed by atoms with Crippen LogP contribution >= 0.6 is 0 Å². The third kappa shape index (κ3) is 3.99. The molecule has 0 aliphatic carbocycles. The van der Waals surface area contributed by atoms with Gasteiger partial charge in [-0.3, -0.25) is 19.4 Å². The third-order valence-corrected chi connectivity index (χ3v) is 6.45. The Morgan fingerprint density at radius 3 is 2.13 bits per heavy atom. The van der Waals surface area contributed by atoms with Crippen LogP contribution in [0.4, 0.5) is 11.8 Å². The maximum absolute atomic E-state index is 12.5. The molecule has 0 radical (unpaired) electrons. The van der Waals surface area contributed by atoms with Gasteiger partial charge in [0.15, 0.2) is 0 Å². The molecule has 3 aliphatic rings. The molecule has 3 aliphatic heterocycles. The Balaban J connectivity index is 1.10. The summed E-state index contributed by atoms with van der Waals surface area (Å²) in [5, 5.41) is 0. The number of hydrogen-bond donors (Lipinski definition) is 0. The highest BCUT2D eigenvalue weighted by molar-refractivity contribution is 6.21. The maximum atomic E-state index is 12.5. The van der Waals surface area contributed by atoms with Gasteiger partial charge in [-0.15, -0.1) is 0 Å². The summed E-state index contributed by atoms with van der Waals surface area (Å²) in [6, 6.07) is 9.07. The van der Waals surface area contributed by atoms with Gasteiger partial charge in [0.25, 0.3) is 11.8 Å². The fourth-order valence-electron chi connectivity index (χ4n) is 4.68. The van der Waals surface area contributed by atoms with Gasteiger partial charge < -0.3 is 9.80 Å². The molecule has 0 N–H and O–H groups in total. The van der Waals surface area contributed by atoms with E-state index in [-0.39, 0.29) is 11.8 Å². The normalized spacial score (nSPS) is 19.4. The molecule has 0 unspecified atom stereocenters. The summed E-state index contributed by atoms with van der Waals surface area (Å²) < 4.78 is 0. The molecular formula is C23H28N6O2. The molecule has 4 heterocycles. The second-order valence-electron chi connectivity index (χ2n) is 8.40. The van der Waals surface area contributed by atoms with E-state index in [1.54, 1.807) is 24.3 Å². The van der Waals surface area contributed by atoms with Crippen LogP contribution in [0.5, 0.6) is 0 Å². The van der Waals surface area contributed by atoms with E-state index in [0.29, 0.717) is 17.7 Å². The van der Waals surface area contributed by atoms with Crippen LogP contribution in [0.15, 0.2) is 36.5 Å². The lowest BCUT2D eigenvalue weighted by molar-refractivity contribution is 0.0647. The van der Waals surface area contributed by atoms with Gasteiger partial charge in [0, 0.05) is 52.0 Å². The minimum Gasteiger partial charge on any atom is -0.354 e. The summed E-state index contributed by atoms with van der Waals surface area (Å²) in [5.41, 5.74) is 1.05. The van der Waals surface area contributed by atoms with Crippen LogP contribution < -0.4 is 9.80 Å². The highest BCUT2D eigenvalue weighted by Crippen LogP contribution is 2.23. The predicted molar refractivity (Wildman–Crippen MR) is 119 cm³/mol. The van der Waals surface area contributed by atoms with Gasteiger partial charge >= 0.3 is 0 Å². The lowest BCUT2D eigenvalue weighted by Gasteiger charge is -2.35. The number of rotatable bonds is 6. The number of hydrogen-bond acceptors (Lipinski definition) is 7. The first kappa shape index (κ1) is 19.9. The van der Waals surface area contributed by atoms with Crippen molar-refractivity contribution < 1.29 is 9.59 Å². The molecule has 2 saturated heterocycles. The van der Waals surface area contributed by atoms with Crippen LogP contribution in [-0.4, -0.2) is 83.9 Å². The number of benzene rings is 1. The Morgan fingerprint density at radius 2 is 1.45 bits per heavy atom. The second-order valence-corrected chi connectivity index (χ2v) is 8.40. The molecule has 1 aromatic heterocycles. The molecule has 2 fully saturated rings. The van der Waals surface area contributed by atoms with E-state index < -0.39 is 0 Å². The predicted octanol–water partition coefficient (Wildman–Crippen LogP) is 1.89. The smallest absolute Gasteiger partial charge is 0.261 e. The van der Waals surface area contributed by atoms with Crippen molar-refractivity contribution in [2.24, 2.45) is 0 Å². The van der Waals surface area contributed by atoms with Gasteiger partial charge in [0.2, 0.25) is 5.95 Å². The average molecular weight is 421 g/mol. The Labute approximate surface area is 182 Å². The molecule has 0 atom stereocenters. The Hall–Kier alpha value is -3.00. The van der Waals surface area contributed by atoms with E-state index in [1.165, 1.54) is 17.7 Å². The number of anilines is 2. The number of amides is 2. The largest absolute Gasteiger partial charge is 0.354 e. The van der Waals surface area contributed by atoms with Crippen LogP contribution in [0, 0.1) is 0 Å². The molecule has 8 nitrogen and oxygen atoms in total. The number of piperazine rings is 1. The zero-order valence-electron chi connectivity index (χ0n) is 17.7. The van der Waals surface area contributed by atoms with Crippen LogP contribution in [0.3, 0.4) is 0 Å². The summed E-state index contributed by atoms with van der Waals surface area (Å²) in [4.78, 5) is 42.6. The zero-order valence-corrected chi connectivity index (χ0v) is 17.7. The molecule has 0 bridgehead atoms. The average Bonchev–Trinajstić information content (AvgIpc) is 3.44. The number of carbonyl (C=O) groups is 2. The lowest BCUT2D eigenvalue weighted by atomic mass is 10.1. The summed E-state index contributed by atoms with van der Waals surface area (Å²) in [6.45, 7) is 7.18.